The van der Waals surface area contributed by atoms with Crippen molar-refractivity contribution in [2.24, 2.45) is 5.10 Å². The van der Waals surface area contributed by atoms with E-state index < -0.39 is 11.6 Å². The summed E-state index contributed by atoms with van der Waals surface area (Å²) in [5, 5.41) is 9.64. The van der Waals surface area contributed by atoms with Crippen molar-refractivity contribution in [3.8, 4) is 0 Å². The van der Waals surface area contributed by atoms with Crippen LogP contribution in [-0.4, -0.2) is 36.9 Å². The minimum atomic E-state index is -0.627. The van der Waals surface area contributed by atoms with Gasteiger partial charge < -0.3 is 10.2 Å². The number of hydrazone groups is 1. The van der Waals surface area contributed by atoms with E-state index in [1.807, 2.05) is 31.3 Å². The maximum absolute atomic E-state index is 14.4. The number of anilines is 1. The van der Waals surface area contributed by atoms with E-state index in [-0.39, 0.29) is 5.69 Å². The zero-order valence-electron chi connectivity index (χ0n) is 15.3. The van der Waals surface area contributed by atoms with E-state index in [0.29, 0.717) is 6.04 Å². The van der Waals surface area contributed by atoms with Gasteiger partial charge in [0.25, 0.3) is 0 Å². The Balaban J connectivity index is 1.74. The molecule has 0 aromatic heterocycles. The molecule has 0 unspecified atom stereocenters. The van der Waals surface area contributed by atoms with E-state index >= 15 is 0 Å². The van der Waals surface area contributed by atoms with E-state index in [2.05, 4.69) is 10.2 Å². The number of hydrogen-bond acceptors (Lipinski definition) is 4. The summed E-state index contributed by atoms with van der Waals surface area (Å²) in [7, 11) is 1.98. The maximum Gasteiger partial charge on any atom is 0.156 e. The molecule has 0 bridgehead atoms. The molecule has 27 heavy (non-hydrogen) atoms. The zero-order valence-corrected chi connectivity index (χ0v) is 15.3. The summed E-state index contributed by atoms with van der Waals surface area (Å²) >= 11 is 0. The average molecular weight is 369 g/mol. The van der Waals surface area contributed by atoms with Crippen molar-refractivity contribution in [2.75, 3.05) is 25.1 Å². The lowest BCUT2D eigenvalue weighted by atomic mass is 10.0. The van der Waals surface area contributed by atoms with Crippen LogP contribution in [0, 0.1) is 18.2 Å². The van der Waals surface area contributed by atoms with E-state index in [0.717, 1.165) is 49.0 Å². The molecule has 0 saturated carbocycles. The first kappa shape index (κ1) is 17.9. The van der Waals surface area contributed by atoms with Crippen LogP contribution in [-0.2, 0) is 0 Å². The molecule has 0 aliphatic carbocycles. The van der Waals surface area contributed by atoms with Gasteiger partial charge in [0, 0.05) is 30.8 Å². The van der Waals surface area contributed by atoms with Gasteiger partial charge in [0.05, 0.1) is 5.69 Å². The highest BCUT2D eigenvalue weighted by Crippen LogP contribution is 2.30. The van der Waals surface area contributed by atoms with Gasteiger partial charge in [-0.3, -0.25) is 5.01 Å². The van der Waals surface area contributed by atoms with Gasteiger partial charge >= 0.3 is 0 Å². The molecule has 4 nitrogen and oxygen atoms in total. The van der Waals surface area contributed by atoms with Gasteiger partial charge in [-0.2, -0.15) is 5.10 Å². The van der Waals surface area contributed by atoms with Crippen LogP contribution in [0.2, 0.25) is 0 Å². The van der Waals surface area contributed by atoms with Crippen molar-refractivity contribution in [3.63, 3.8) is 0 Å². The highest BCUT2D eigenvalue weighted by atomic mass is 19.1. The fraction of sp³-hybridized carbons (Fsp3) is 0.333. The van der Waals surface area contributed by atoms with Gasteiger partial charge in [-0.05, 0) is 37.6 Å². The summed E-state index contributed by atoms with van der Waals surface area (Å²) in [5.74, 6) is -0.390. The average Bonchev–Trinajstić information content (AvgIpc) is 2.93. The van der Waals surface area contributed by atoms with Crippen molar-refractivity contribution in [1.82, 2.24) is 10.2 Å². The molecular formula is C21H23F2N4. The molecule has 1 fully saturated rings. The predicted molar refractivity (Wildman–Crippen MR) is 103 cm³/mol. The first-order valence-corrected chi connectivity index (χ1v) is 9.35. The summed E-state index contributed by atoms with van der Waals surface area (Å²) in [6.45, 7) is 3.55. The third kappa shape index (κ3) is 3.67. The molecule has 2 aromatic rings. The minimum absolute atomic E-state index is 0.239. The van der Waals surface area contributed by atoms with Gasteiger partial charge in [-0.25, -0.2) is 8.78 Å². The lowest BCUT2D eigenvalue weighted by Crippen LogP contribution is -2.44. The summed E-state index contributed by atoms with van der Waals surface area (Å²) in [4.78, 5) is 2.27. The Morgan fingerprint density at radius 2 is 1.96 bits per heavy atom. The molecule has 4 rings (SSSR count). The summed E-state index contributed by atoms with van der Waals surface area (Å²) in [6.07, 6.45) is 3.39. The molecule has 2 aliphatic heterocycles. The maximum atomic E-state index is 14.4. The van der Waals surface area contributed by atoms with Crippen LogP contribution in [0.25, 0.3) is 0 Å². The van der Waals surface area contributed by atoms with Crippen LogP contribution >= 0.6 is 0 Å². The van der Waals surface area contributed by atoms with E-state index in [4.69, 9.17) is 5.10 Å². The molecule has 2 aliphatic rings. The van der Waals surface area contributed by atoms with E-state index in [1.165, 1.54) is 23.6 Å². The first-order chi connectivity index (χ1) is 13.2. The van der Waals surface area contributed by atoms with Gasteiger partial charge in [-0.15, -0.1) is 0 Å². The second kappa shape index (κ2) is 7.64. The van der Waals surface area contributed by atoms with Crippen LogP contribution in [0.1, 0.15) is 30.4 Å². The van der Waals surface area contributed by atoms with Crippen molar-refractivity contribution in [1.29, 1.82) is 0 Å². The molecule has 2 heterocycles. The number of nitrogens with zero attached hydrogens (tertiary/aromatic N) is 3. The fourth-order valence-electron chi connectivity index (χ4n) is 3.72. The second-order valence-electron chi connectivity index (χ2n) is 7.01. The molecule has 0 spiro atoms. The van der Waals surface area contributed by atoms with Gasteiger partial charge in [0.1, 0.15) is 12.4 Å². The summed E-state index contributed by atoms with van der Waals surface area (Å²) in [6, 6.07) is 11.9. The first-order valence-electron chi connectivity index (χ1n) is 9.35. The lowest BCUT2D eigenvalue weighted by molar-refractivity contribution is 0.385. The number of fused-ring (bicyclic) bond motifs is 1. The number of likely N-dealkylation sites (tertiary alicyclic amines) is 1. The Labute approximate surface area is 158 Å². The molecule has 1 radical (unpaired) electrons. The largest absolute Gasteiger partial charge is 0.353 e. The Hall–Kier alpha value is -2.47. The van der Waals surface area contributed by atoms with E-state index in [9.17, 15) is 8.78 Å². The highest BCUT2D eigenvalue weighted by Gasteiger charge is 2.28. The second-order valence-corrected chi connectivity index (χ2v) is 7.01. The van der Waals surface area contributed by atoms with Crippen molar-refractivity contribution >= 4 is 11.5 Å². The van der Waals surface area contributed by atoms with Crippen LogP contribution in [0.4, 0.5) is 14.5 Å². The van der Waals surface area contributed by atoms with Crippen molar-refractivity contribution < 1.29 is 8.78 Å². The Morgan fingerprint density at radius 1 is 1.11 bits per heavy atom. The normalized spacial score (nSPS) is 20.1. The quantitative estimate of drug-likeness (QED) is 0.875. The lowest BCUT2D eigenvalue weighted by Gasteiger charge is -2.34. The van der Waals surface area contributed by atoms with E-state index in [1.54, 1.807) is 6.54 Å². The SMILES string of the molecule is CN[C@@H]1CCCCN(C2=NN(c3ccc(F)cc3F)[CH]c3ccccc32)C1. The van der Waals surface area contributed by atoms with Crippen molar-refractivity contribution in [3.05, 3.63) is 71.8 Å². The molecule has 1 saturated heterocycles. The summed E-state index contributed by atoms with van der Waals surface area (Å²) < 4.78 is 27.7. The molecule has 1 atom stereocenters. The molecule has 0 amide bonds. The molecule has 141 valence electrons. The standard InChI is InChI=1S/C21H23F2N4/c1-24-17-7-4-5-11-26(14-17)21-18-8-3-2-6-15(18)13-27(25-21)20-10-9-16(22)12-19(20)23/h2-3,6,8-10,12-13,17,24H,4-5,7,11,14H2,1H3/t17-/m1/s1. The van der Waals surface area contributed by atoms with Crippen LogP contribution < -0.4 is 10.3 Å². The van der Waals surface area contributed by atoms with Crippen molar-refractivity contribution in [2.45, 2.75) is 25.3 Å². The number of benzene rings is 2. The van der Waals surface area contributed by atoms with Gasteiger partial charge in [-0.1, -0.05) is 30.7 Å². The third-order valence-corrected chi connectivity index (χ3v) is 5.20. The topological polar surface area (TPSA) is 30.9 Å². The van der Waals surface area contributed by atoms with Crippen LogP contribution in [0.15, 0.2) is 47.6 Å². The number of amidine groups is 1. The van der Waals surface area contributed by atoms with Crippen LogP contribution in [0.3, 0.4) is 0 Å². The Morgan fingerprint density at radius 3 is 2.78 bits per heavy atom. The van der Waals surface area contributed by atoms with Crippen LogP contribution in [0.5, 0.6) is 0 Å². The smallest absolute Gasteiger partial charge is 0.156 e. The number of nitrogens with one attached hydrogen (secondary N) is 1. The zero-order chi connectivity index (χ0) is 18.8. The van der Waals surface area contributed by atoms with Gasteiger partial charge in [0.15, 0.2) is 11.7 Å². The van der Waals surface area contributed by atoms with Gasteiger partial charge in [0.2, 0.25) is 0 Å². The number of likely N-dealkylation sites (N-methyl/N-ethyl adjacent to an activating group) is 1. The number of rotatable bonds is 2. The minimum Gasteiger partial charge on any atom is -0.353 e. The summed E-state index contributed by atoms with van der Waals surface area (Å²) in [5.41, 5.74) is 2.24. The third-order valence-electron chi connectivity index (χ3n) is 5.20. The monoisotopic (exact) mass is 369 g/mol. The Kier molecular flexibility index (Phi) is 5.07. The highest BCUT2D eigenvalue weighted by molar-refractivity contribution is 6.02. The predicted octanol–water partition coefficient (Wildman–Crippen LogP) is 3.73. The molecule has 6 heteroatoms. The number of hydrogen-bond donors (Lipinski definition) is 1. The molecular weight excluding hydrogens is 346 g/mol. The molecule has 2 aromatic carbocycles. The number of halogens is 2. The Bertz CT molecular complexity index is 852. The fourth-order valence-corrected chi connectivity index (χ4v) is 3.72. The molecule has 1 N–H and O–H groups in total.